The molecule has 1 unspecified atom stereocenters. The summed E-state index contributed by atoms with van der Waals surface area (Å²) in [6.07, 6.45) is 5.40. The van der Waals surface area contributed by atoms with Crippen molar-refractivity contribution in [3.05, 3.63) is 71.1 Å². The Bertz CT molecular complexity index is 940. The predicted octanol–water partition coefficient (Wildman–Crippen LogP) is 5.54. The van der Waals surface area contributed by atoms with E-state index in [-0.39, 0.29) is 0 Å². The van der Waals surface area contributed by atoms with E-state index in [0.717, 1.165) is 54.2 Å². The fourth-order valence-corrected chi connectivity index (χ4v) is 4.06. The first-order valence-corrected chi connectivity index (χ1v) is 11.4. The van der Waals surface area contributed by atoms with E-state index in [9.17, 15) is 0 Å². The van der Waals surface area contributed by atoms with Gasteiger partial charge in [-0.3, -0.25) is 0 Å². The number of nitrogens with zero attached hydrogens (tertiary/aromatic N) is 2. The van der Waals surface area contributed by atoms with Crippen LogP contribution in [0.25, 0.3) is 11.5 Å². The van der Waals surface area contributed by atoms with E-state index in [2.05, 4.69) is 22.1 Å². The van der Waals surface area contributed by atoms with Gasteiger partial charge in [-0.15, -0.1) is 0 Å². The minimum absolute atomic E-state index is 0.623. The molecule has 1 fully saturated rings. The zero-order valence-corrected chi connectivity index (χ0v) is 18.8. The van der Waals surface area contributed by atoms with E-state index in [1.807, 2.05) is 48.5 Å². The first-order chi connectivity index (χ1) is 15.2. The van der Waals surface area contributed by atoms with Gasteiger partial charge in [0.05, 0.1) is 12.3 Å². The van der Waals surface area contributed by atoms with Crippen LogP contribution in [0.4, 0.5) is 0 Å². The van der Waals surface area contributed by atoms with Crippen LogP contribution in [0.15, 0.2) is 59.2 Å². The number of hydrogen-bond donors (Lipinski definition) is 1. The molecule has 1 saturated heterocycles. The monoisotopic (exact) mass is 439 g/mol. The molecule has 2 heterocycles. The molecule has 31 heavy (non-hydrogen) atoms. The molecule has 1 aliphatic rings. The van der Waals surface area contributed by atoms with Crippen LogP contribution in [0.1, 0.15) is 37.4 Å². The maximum Gasteiger partial charge on any atom is 0.226 e. The minimum atomic E-state index is 0.623. The lowest BCUT2D eigenvalue weighted by atomic mass is 10.2. The summed E-state index contributed by atoms with van der Waals surface area (Å²) in [6, 6.07) is 16.5. The third kappa shape index (κ3) is 6.33. The number of oxazole rings is 1. The molecule has 0 saturated carbocycles. The summed E-state index contributed by atoms with van der Waals surface area (Å²) >= 11 is 5.92. The highest BCUT2D eigenvalue weighted by Crippen LogP contribution is 2.22. The van der Waals surface area contributed by atoms with Gasteiger partial charge in [0.2, 0.25) is 5.89 Å². The number of aromatic nitrogens is 1. The number of ether oxygens (including phenoxy) is 1. The largest absolute Gasteiger partial charge is 0.494 e. The quantitative estimate of drug-likeness (QED) is 0.420. The number of benzene rings is 2. The molecule has 4 rings (SSSR count). The molecular formula is C25H30ClN3O2. The summed E-state index contributed by atoms with van der Waals surface area (Å²) in [4.78, 5) is 7.14. The highest BCUT2D eigenvalue weighted by Gasteiger charge is 2.19. The summed E-state index contributed by atoms with van der Waals surface area (Å²) in [5, 5.41) is 4.12. The third-order valence-electron chi connectivity index (χ3n) is 5.75. The number of likely N-dealkylation sites (tertiary alicyclic amines) is 1. The van der Waals surface area contributed by atoms with Crippen LogP contribution in [0, 0.1) is 0 Å². The molecular weight excluding hydrogens is 410 g/mol. The van der Waals surface area contributed by atoms with Crippen LogP contribution in [0.3, 0.4) is 0 Å². The van der Waals surface area contributed by atoms with E-state index >= 15 is 0 Å². The average Bonchev–Trinajstić information content (AvgIpc) is 3.42. The number of nitrogens with one attached hydrogen (secondary N) is 1. The number of rotatable bonds is 10. The molecule has 0 aliphatic carbocycles. The van der Waals surface area contributed by atoms with Crippen molar-refractivity contribution in [2.75, 3.05) is 19.7 Å². The number of halogens is 1. The SMILES string of the molecule is CC1CCCN1CCCOc1ccc(-c2nc(CNCc3ccc(Cl)cc3)co2)cc1. The van der Waals surface area contributed by atoms with Crippen molar-refractivity contribution in [3.63, 3.8) is 0 Å². The first kappa shape index (κ1) is 21.9. The molecule has 1 aliphatic heterocycles. The van der Waals surface area contributed by atoms with Crippen molar-refractivity contribution < 1.29 is 9.15 Å². The molecule has 5 nitrogen and oxygen atoms in total. The fraction of sp³-hybridized carbons (Fsp3) is 0.400. The molecule has 3 aromatic rings. The van der Waals surface area contributed by atoms with Crippen molar-refractivity contribution in [3.8, 4) is 17.2 Å². The maximum absolute atomic E-state index is 5.92. The molecule has 0 amide bonds. The van der Waals surface area contributed by atoms with Gasteiger partial charge in [-0.05, 0) is 74.7 Å². The molecule has 2 aromatic carbocycles. The van der Waals surface area contributed by atoms with Crippen LogP contribution in [0.2, 0.25) is 5.02 Å². The normalized spacial score (nSPS) is 16.6. The molecule has 0 spiro atoms. The Labute approximate surface area is 189 Å². The van der Waals surface area contributed by atoms with Gasteiger partial charge in [-0.25, -0.2) is 4.98 Å². The topological polar surface area (TPSA) is 50.5 Å². The molecule has 0 radical (unpaired) electrons. The van der Waals surface area contributed by atoms with Crippen LogP contribution in [-0.2, 0) is 13.1 Å². The Morgan fingerprint density at radius 1 is 1.13 bits per heavy atom. The van der Waals surface area contributed by atoms with Crippen molar-refractivity contribution in [1.82, 2.24) is 15.2 Å². The minimum Gasteiger partial charge on any atom is -0.494 e. The van der Waals surface area contributed by atoms with Gasteiger partial charge in [0.25, 0.3) is 0 Å². The van der Waals surface area contributed by atoms with Gasteiger partial charge in [-0.2, -0.15) is 0 Å². The van der Waals surface area contributed by atoms with Crippen molar-refractivity contribution in [2.45, 2.75) is 45.3 Å². The van der Waals surface area contributed by atoms with Gasteiger partial charge in [0.15, 0.2) is 0 Å². The summed E-state index contributed by atoms with van der Waals surface area (Å²) in [5.41, 5.74) is 3.00. The lowest BCUT2D eigenvalue weighted by Gasteiger charge is -2.20. The van der Waals surface area contributed by atoms with E-state index in [4.69, 9.17) is 20.8 Å². The summed E-state index contributed by atoms with van der Waals surface area (Å²) < 4.78 is 11.6. The molecule has 1 atom stereocenters. The van der Waals surface area contributed by atoms with Crippen molar-refractivity contribution >= 4 is 11.6 Å². The smallest absolute Gasteiger partial charge is 0.226 e. The van der Waals surface area contributed by atoms with Crippen LogP contribution in [-0.4, -0.2) is 35.6 Å². The Morgan fingerprint density at radius 2 is 1.94 bits per heavy atom. The zero-order valence-electron chi connectivity index (χ0n) is 18.0. The second-order valence-electron chi connectivity index (χ2n) is 8.13. The average molecular weight is 440 g/mol. The molecule has 6 heteroatoms. The van der Waals surface area contributed by atoms with Crippen molar-refractivity contribution in [1.29, 1.82) is 0 Å². The Hall–Kier alpha value is -2.34. The molecule has 1 N–H and O–H groups in total. The zero-order chi connectivity index (χ0) is 21.5. The van der Waals surface area contributed by atoms with Gasteiger partial charge >= 0.3 is 0 Å². The van der Waals surface area contributed by atoms with Gasteiger partial charge in [0, 0.05) is 36.3 Å². The van der Waals surface area contributed by atoms with Crippen LogP contribution < -0.4 is 10.1 Å². The Kier molecular flexibility index (Phi) is 7.62. The summed E-state index contributed by atoms with van der Waals surface area (Å²) in [5.74, 6) is 1.51. The maximum atomic E-state index is 5.92. The van der Waals surface area contributed by atoms with Crippen LogP contribution in [0.5, 0.6) is 5.75 Å². The standard InChI is InChI=1S/C25H30ClN3O2/c1-19-4-2-13-29(19)14-3-15-30-24-11-7-21(8-12-24)25-28-23(18-31-25)17-27-16-20-5-9-22(26)10-6-20/h5-12,18-19,27H,2-4,13-17H2,1H3. The number of hydrogen-bond acceptors (Lipinski definition) is 5. The highest BCUT2D eigenvalue weighted by atomic mass is 35.5. The second kappa shape index (κ2) is 10.8. The van der Waals surface area contributed by atoms with Gasteiger partial charge in [-0.1, -0.05) is 23.7 Å². The first-order valence-electron chi connectivity index (χ1n) is 11.0. The lowest BCUT2D eigenvalue weighted by molar-refractivity contribution is 0.230. The van der Waals surface area contributed by atoms with E-state index in [1.165, 1.54) is 24.9 Å². The van der Waals surface area contributed by atoms with E-state index < -0.39 is 0 Å². The Morgan fingerprint density at radius 3 is 2.68 bits per heavy atom. The third-order valence-corrected chi connectivity index (χ3v) is 6.00. The van der Waals surface area contributed by atoms with E-state index in [1.54, 1.807) is 6.26 Å². The van der Waals surface area contributed by atoms with Gasteiger partial charge < -0.3 is 19.4 Å². The predicted molar refractivity (Wildman–Crippen MR) is 124 cm³/mol. The van der Waals surface area contributed by atoms with Gasteiger partial charge in [0.1, 0.15) is 12.0 Å². The van der Waals surface area contributed by atoms with Crippen molar-refractivity contribution in [2.24, 2.45) is 0 Å². The van der Waals surface area contributed by atoms with Crippen LogP contribution >= 0.6 is 11.6 Å². The molecule has 0 bridgehead atoms. The molecule has 164 valence electrons. The highest BCUT2D eigenvalue weighted by molar-refractivity contribution is 6.30. The second-order valence-corrected chi connectivity index (χ2v) is 8.56. The summed E-state index contributed by atoms with van der Waals surface area (Å²) in [7, 11) is 0. The lowest BCUT2D eigenvalue weighted by Crippen LogP contribution is -2.28. The Balaban J connectivity index is 1.20. The summed E-state index contributed by atoms with van der Waals surface area (Å²) in [6.45, 7) is 6.79. The molecule has 1 aromatic heterocycles. The van der Waals surface area contributed by atoms with E-state index in [0.29, 0.717) is 12.4 Å². The fourth-order valence-electron chi connectivity index (χ4n) is 3.93.